The van der Waals surface area contributed by atoms with Crippen LogP contribution in [0.25, 0.3) is 0 Å². The van der Waals surface area contributed by atoms with E-state index in [9.17, 15) is 4.39 Å². The second kappa shape index (κ2) is 9.22. The fraction of sp³-hybridized carbons (Fsp3) is 0.136. The summed E-state index contributed by atoms with van der Waals surface area (Å²) in [6, 6.07) is 15.7. The van der Waals surface area contributed by atoms with Crippen molar-refractivity contribution in [1.82, 2.24) is 0 Å². The third kappa shape index (κ3) is 4.91. The van der Waals surface area contributed by atoms with Crippen LogP contribution in [0.15, 0.2) is 64.1 Å². The predicted molar refractivity (Wildman–Crippen MR) is 115 cm³/mol. The van der Waals surface area contributed by atoms with Crippen LogP contribution in [-0.2, 0) is 6.61 Å². The first-order valence-corrected chi connectivity index (χ1v) is 9.69. The van der Waals surface area contributed by atoms with Gasteiger partial charge in [-0.3, -0.25) is 4.99 Å². The van der Waals surface area contributed by atoms with Crippen molar-refractivity contribution in [2.45, 2.75) is 13.5 Å². The van der Waals surface area contributed by atoms with Crippen LogP contribution >= 0.6 is 27.5 Å². The summed E-state index contributed by atoms with van der Waals surface area (Å²) in [4.78, 5) is 4.51. The van der Waals surface area contributed by atoms with Crippen molar-refractivity contribution in [2.75, 3.05) is 7.11 Å². The zero-order valence-corrected chi connectivity index (χ0v) is 17.7. The lowest BCUT2D eigenvalue weighted by Crippen LogP contribution is -2.01. The quantitative estimate of drug-likeness (QED) is 0.374. The van der Waals surface area contributed by atoms with Crippen LogP contribution in [0.3, 0.4) is 0 Å². The fourth-order valence-corrected chi connectivity index (χ4v) is 3.33. The number of aryl methyl sites for hydroxylation is 1. The zero-order chi connectivity index (χ0) is 20.1. The monoisotopic (exact) mass is 461 g/mol. The number of rotatable bonds is 6. The second-order valence-corrected chi connectivity index (χ2v) is 7.39. The summed E-state index contributed by atoms with van der Waals surface area (Å²) in [5, 5.41) is 0.633. The van der Waals surface area contributed by atoms with E-state index in [-0.39, 0.29) is 12.4 Å². The Balaban J connectivity index is 1.84. The molecule has 0 unspecified atom stereocenters. The molecular weight excluding hydrogens is 445 g/mol. The van der Waals surface area contributed by atoms with Gasteiger partial charge in [0.2, 0.25) is 0 Å². The molecule has 0 atom stereocenters. The lowest BCUT2D eigenvalue weighted by atomic mass is 10.2. The molecule has 3 nitrogen and oxygen atoms in total. The Bertz CT molecular complexity index is 1020. The summed E-state index contributed by atoms with van der Waals surface area (Å²) in [5.74, 6) is 0.718. The van der Waals surface area contributed by atoms with E-state index in [4.69, 9.17) is 21.1 Å². The molecule has 6 heteroatoms. The van der Waals surface area contributed by atoms with Gasteiger partial charge in [0.1, 0.15) is 12.4 Å². The molecule has 3 rings (SSSR count). The Morgan fingerprint density at radius 1 is 1.14 bits per heavy atom. The molecule has 0 bridgehead atoms. The van der Waals surface area contributed by atoms with Gasteiger partial charge in [0.05, 0.1) is 17.3 Å². The molecule has 0 aliphatic carbocycles. The van der Waals surface area contributed by atoms with Crippen LogP contribution in [0, 0.1) is 12.7 Å². The normalized spacial score (nSPS) is 11.0. The SMILES string of the molecule is COc1cc(C=Nc2cc(Cl)ccc2C)cc(Br)c1OCc1ccccc1F. The van der Waals surface area contributed by atoms with Gasteiger partial charge in [0, 0.05) is 16.8 Å². The highest BCUT2D eigenvalue weighted by Crippen LogP contribution is 2.37. The van der Waals surface area contributed by atoms with Crippen molar-refractivity contribution in [2.24, 2.45) is 4.99 Å². The Kier molecular flexibility index (Phi) is 6.70. The summed E-state index contributed by atoms with van der Waals surface area (Å²) < 4.78 is 25.8. The maximum absolute atomic E-state index is 13.8. The van der Waals surface area contributed by atoms with Gasteiger partial charge < -0.3 is 9.47 Å². The minimum Gasteiger partial charge on any atom is -0.493 e. The van der Waals surface area contributed by atoms with Gasteiger partial charge >= 0.3 is 0 Å². The highest BCUT2D eigenvalue weighted by atomic mass is 79.9. The smallest absolute Gasteiger partial charge is 0.175 e. The Labute approximate surface area is 176 Å². The summed E-state index contributed by atoms with van der Waals surface area (Å²) in [7, 11) is 1.56. The maximum Gasteiger partial charge on any atom is 0.175 e. The van der Waals surface area contributed by atoms with Crippen molar-refractivity contribution in [3.8, 4) is 11.5 Å². The van der Waals surface area contributed by atoms with E-state index in [1.165, 1.54) is 6.07 Å². The predicted octanol–water partition coefficient (Wildman–Crippen LogP) is 6.89. The Morgan fingerprint density at radius 2 is 1.93 bits per heavy atom. The number of nitrogens with zero attached hydrogens (tertiary/aromatic N) is 1. The van der Waals surface area contributed by atoms with Crippen molar-refractivity contribution in [3.63, 3.8) is 0 Å². The van der Waals surface area contributed by atoms with Crippen molar-refractivity contribution >= 4 is 39.4 Å². The van der Waals surface area contributed by atoms with E-state index in [1.807, 2.05) is 37.3 Å². The molecule has 0 spiro atoms. The molecule has 3 aromatic carbocycles. The maximum atomic E-state index is 13.8. The summed E-state index contributed by atoms with van der Waals surface area (Å²) in [6.07, 6.45) is 1.73. The van der Waals surface area contributed by atoms with Gasteiger partial charge in [-0.1, -0.05) is 35.9 Å². The standard InChI is InChI=1S/C22H18BrClFNO2/c1-14-7-8-17(24)11-20(14)26-12-15-9-18(23)22(21(10-15)27-2)28-13-16-5-3-4-6-19(16)25/h3-12H,13H2,1-2H3. The highest BCUT2D eigenvalue weighted by molar-refractivity contribution is 9.10. The minimum absolute atomic E-state index is 0.0940. The molecule has 0 heterocycles. The molecule has 28 heavy (non-hydrogen) atoms. The molecular formula is C22H18BrClFNO2. The van der Waals surface area contributed by atoms with Crippen molar-refractivity contribution < 1.29 is 13.9 Å². The van der Waals surface area contributed by atoms with E-state index < -0.39 is 0 Å². The van der Waals surface area contributed by atoms with Gasteiger partial charge in [0.25, 0.3) is 0 Å². The van der Waals surface area contributed by atoms with Crippen molar-refractivity contribution in [3.05, 3.63) is 86.6 Å². The third-order valence-corrected chi connectivity index (χ3v) is 4.93. The first-order valence-electron chi connectivity index (χ1n) is 8.52. The molecule has 3 aromatic rings. The number of hydrogen-bond donors (Lipinski definition) is 0. The van der Waals surface area contributed by atoms with Crippen LogP contribution in [0.1, 0.15) is 16.7 Å². The second-order valence-electron chi connectivity index (χ2n) is 6.10. The summed E-state index contributed by atoms with van der Waals surface area (Å²) in [5.41, 5.74) is 3.11. The van der Waals surface area contributed by atoms with Gasteiger partial charge in [-0.05, 0) is 64.3 Å². The van der Waals surface area contributed by atoms with Crippen molar-refractivity contribution in [1.29, 1.82) is 0 Å². The molecule has 0 aliphatic rings. The van der Waals surface area contributed by atoms with Gasteiger partial charge in [-0.15, -0.1) is 0 Å². The van der Waals surface area contributed by atoms with E-state index in [2.05, 4.69) is 20.9 Å². The number of methoxy groups -OCH3 is 1. The molecule has 0 aliphatic heterocycles. The molecule has 0 radical (unpaired) electrons. The molecule has 0 N–H and O–H groups in total. The lowest BCUT2D eigenvalue weighted by Gasteiger charge is -2.14. The molecule has 0 aromatic heterocycles. The first-order chi connectivity index (χ1) is 13.5. The van der Waals surface area contributed by atoms with Gasteiger partial charge in [0.15, 0.2) is 11.5 Å². The van der Waals surface area contributed by atoms with E-state index in [1.54, 1.807) is 31.5 Å². The number of halogens is 3. The third-order valence-electron chi connectivity index (χ3n) is 4.11. The summed E-state index contributed by atoms with van der Waals surface area (Å²) >= 11 is 9.55. The number of benzene rings is 3. The van der Waals surface area contributed by atoms with Gasteiger partial charge in [-0.25, -0.2) is 4.39 Å². The van der Waals surface area contributed by atoms with E-state index in [0.29, 0.717) is 26.6 Å². The van der Waals surface area contributed by atoms with Crippen LogP contribution in [0.5, 0.6) is 11.5 Å². The fourth-order valence-electron chi connectivity index (χ4n) is 2.59. The summed E-state index contributed by atoms with van der Waals surface area (Å²) in [6.45, 7) is 2.07. The largest absolute Gasteiger partial charge is 0.493 e. The average Bonchev–Trinajstić information content (AvgIpc) is 2.68. The minimum atomic E-state index is -0.307. The van der Waals surface area contributed by atoms with Crippen LogP contribution in [0.4, 0.5) is 10.1 Å². The van der Waals surface area contributed by atoms with Crippen LogP contribution in [0.2, 0.25) is 5.02 Å². The molecule has 144 valence electrons. The highest BCUT2D eigenvalue weighted by Gasteiger charge is 2.12. The van der Waals surface area contributed by atoms with E-state index >= 15 is 0 Å². The Morgan fingerprint density at radius 3 is 2.68 bits per heavy atom. The molecule has 0 saturated carbocycles. The zero-order valence-electron chi connectivity index (χ0n) is 15.4. The van der Waals surface area contributed by atoms with E-state index in [0.717, 1.165) is 16.8 Å². The number of aliphatic imine (C=N–C) groups is 1. The lowest BCUT2D eigenvalue weighted by molar-refractivity contribution is 0.278. The molecule has 0 saturated heterocycles. The Hall–Kier alpha value is -2.37. The average molecular weight is 463 g/mol. The molecule has 0 fully saturated rings. The first kappa shape index (κ1) is 20.4. The topological polar surface area (TPSA) is 30.8 Å². The molecule has 0 amide bonds. The number of ether oxygens (including phenoxy) is 2. The van der Waals surface area contributed by atoms with Crippen LogP contribution < -0.4 is 9.47 Å². The number of hydrogen-bond acceptors (Lipinski definition) is 3. The van der Waals surface area contributed by atoms with Crippen LogP contribution in [-0.4, -0.2) is 13.3 Å². The van der Waals surface area contributed by atoms with Gasteiger partial charge in [-0.2, -0.15) is 0 Å².